The first-order valence-electron chi connectivity index (χ1n) is 7.63. The number of carbonyl (C=O) groups is 2. The molecule has 0 radical (unpaired) electrons. The summed E-state index contributed by atoms with van der Waals surface area (Å²) in [5.74, 6) is 1.62. The van der Waals surface area contributed by atoms with E-state index < -0.39 is 0 Å². The van der Waals surface area contributed by atoms with Crippen molar-refractivity contribution >= 4 is 11.8 Å². The third kappa shape index (κ3) is 2.26. The molecular weight excluding hydrogens is 240 g/mol. The maximum Gasteiger partial charge on any atom is 0.246 e. The number of nitrogens with one attached hydrogen (secondary N) is 1. The fourth-order valence-corrected chi connectivity index (χ4v) is 3.38. The maximum atomic E-state index is 12.7. The number of rotatable bonds is 4. The van der Waals surface area contributed by atoms with E-state index in [4.69, 9.17) is 0 Å². The molecule has 2 amide bonds. The largest absolute Gasteiger partial charge is 0.342 e. The number of piperazine rings is 1. The summed E-state index contributed by atoms with van der Waals surface area (Å²) in [5, 5.41) is 2.89. The molecule has 4 heteroatoms. The molecule has 1 heterocycles. The fraction of sp³-hybridized carbons (Fsp3) is 0.867. The molecule has 0 bridgehead atoms. The minimum absolute atomic E-state index is 0.0181. The SMILES string of the molecule is CC(C)C1NC(=O)C(C)N(C(C2CC2)C2CC2)C1=O. The van der Waals surface area contributed by atoms with Crippen molar-refractivity contribution in [3.8, 4) is 0 Å². The van der Waals surface area contributed by atoms with Gasteiger partial charge < -0.3 is 10.2 Å². The lowest BCUT2D eigenvalue weighted by molar-refractivity contribution is -0.153. The van der Waals surface area contributed by atoms with Crippen LogP contribution in [0.1, 0.15) is 46.5 Å². The number of hydrogen-bond donors (Lipinski definition) is 1. The molecule has 2 saturated carbocycles. The highest BCUT2D eigenvalue weighted by Gasteiger charge is 2.51. The van der Waals surface area contributed by atoms with Crippen molar-refractivity contribution in [2.45, 2.75) is 64.6 Å². The summed E-state index contributed by atoms with van der Waals surface area (Å²) in [5.41, 5.74) is 0. The molecule has 0 spiro atoms. The van der Waals surface area contributed by atoms with Crippen molar-refractivity contribution in [2.24, 2.45) is 17.8 Å². The van der Waals surface area contributed by atoms with Crippen molar-refractivity contribution in [3.05, 3.63) is 0 Å². The molecule has 0 aromatic rings. The van der Waals surface area contributed by atoms with Crippen LogP contribution in [0.4, 0.5) is 0 Å². The molecule has 2 atom stereocenters. The monoisotopic (exact) mass is 264 g/mol. The number of amides is 2. The topological polar surface area (TPSA) is 49.4 Å². The molecular formula is C15H24N2O2. The predicted octanol–water partition coefficient (Wildman–Crippen LogP) is 1.55. The van der Waals surface area contributed by atoms with Crippen molar-refractivity contribution in [3.63, 3.8) is 0 Å². The van der Waals surface area contributed by atoms with Crippen LogP contribution in [0.5, 0.6) is 0 Å². The van der Waals surface area contributed by atoms with Crippen LogP contribution in [0.2, 0.25) is 0 Å². The minimum atomic E-state index is -0.330. The van der Waals surface area contributed by atoms with E-state index >= 15 is 0 Å². The highest BCUT2D eigenvalue weighted by molar-refractivity contribution is 5.97. The molecule has 3 rings (SSSR count). The van der Waals surface area contributed by atoms with Gasteiger partial charge in [-0.05, 0) is 50.4 Å². The fourth-order valence-electron chi connectivity index (χ4n) is 3.38. The van der Waals surface area contributed by atoms with Gasteiger partial charge in [-0.1, -0.05) is 13.8 Å². The first-order chi connectivity index (χ1) is 9.00. The third-order valence-corrected chi connectivity index (χ3v) is 4.81. The lowest BCUT2D eigenvalue weighted by Gasteiger charge is -2.43. The standard InChI is InChI=1S/C15H24N2O2/c1-8(2)12-15(19)17(9(3)14(18)16-12)13(10-4-5-10)11-6-7-11/h8-13H,4-7H2,1-3H3,(H,16,18). The zero-order valence-electron chi connectivity index (χ0n) is 12.1. The van der Waals surface area contributed by atoms with Gasteiger partial charge >= 0.3 is 0 Å². The van der Waals surface area contributed by atoms with Crippen molar-refractivity contribution in [1.82, 2.24) is 10.2 Å². The second-order valence-corrected chi connectivity index (χ2v) is 6.82. The normalized spacial score (nSPS) is 32.2. The summed E-state index contributed by atoms with van der Waals surface area (Å²) in [6.07, 6.45) is 4.91. The molecule has 3 fully saturated rings. The van der Waals surface area contributed by atoms with E-state index in [-0.39, 0.29) is 29.8 Å². The van der Waals surface area contributed by atoms with Crippen molar-refractivity contribution in [1.29, 1.82) is 0 Å². The van der Waals surface area contributed by atoms with Gasteiger partial charge in [-0.3, -0.25) is 9.59 Å². The quantitative estimate of drug-likeness (QED) is 0.837. The Morgan fingerprint density at radius 1 is 1.11 bits per heavy atom. The van der Waals surface area contributed by atoms with Gasteiger partial charge in [-0.25, -0.2) is 0 Å². The van der Waals surface area contributed by atoms with Gasteiger partial charge in [-0.2, -0.15) is 0 Å². The Balaban J connectivity index is 1.86. The van der Waals surface area contributed by atoms with E-state index in [1.165, 1.54) is 25.7 Å². The summed E-state index contributed by atoms with van der Waals surface area (Å²) in [4.78, 5) is 26.8. The van der Waals surface area contributed by atoms with E-state index in [9.17, 15) is 9.59 Å². The van der Waals surface area contributed by atoms with Crippen LogP contribution < -0.4 is 5.32 Å². The van der Waals surface area contributed by atoms with Gasteiger partial charge in [0, 0.05) is 6.04 Å². The maximum absolute atomic E-state index is 12.7. The summed E-state index contributed by atoms with van der Waals surface area (Å²) in [6.45, 7) is 5.88. The Morgan fingerprint density at radius 2 is 1.63 bits per heavy atom. The van der Waals surface area contributed by atoms with Gasteiger partial charge in [0.15, 0.2) is 0 Å². The first-order valence-corrected chi connectivity index (χ1v) is 7.63. The van der Waals surface area contributed by atoms with Gasteiger partial charge in [0.1, 0.15) is 12.1 Å². The summed E-state index contributed by atoms with van der Waals surface area (Å²) in [7, 11) is 0. The van der Waals surface area contributed by atoms with Crippen molar-refractivity contribution in [2.75, 3.05) is 0 Å². The molecule has 0 aromatic heterocycles. The molecule has 0 aromatic carbocycles. The second kappa shape index (κ2) is 4.50. The van der Waals surface area contributed by atoms with E-state index in [1.54, 1.807) is 0 Å². The van der Waals surface area contributed by atoms with Crippen molar-refractivity contribution < 1.29 is 9.59 Å². The molecule has 19 heavy (non-hydrogen) atoms. The third-order valence-electron chi connectivity index (χ3n) is 4.81. The molecule has 106 valence electrons. The van der Waals surface area contributed by atoms with E-state index in [0.29, 0.717) is 17.9 Å². The lowest BCUT2D eigenvalue weighted by atomic mass is 9.94. The minimum Gasteiger partial charge on any atom is -0.342 e. The summed E-state index contributed by atoms with van der Waals surface area (Å²) >= 11 is 0. The number of carbonyl (C=O) groups excluding carboxylic acids is 2. The molecule has 2 aliphatic carbocycles. The smallest absolute Gasteiger partial charge is 0.246 e. The van der Waals surface area contributed by atoms with Crippen LogP contribution >= 0.6 is 0 Å². The molecule has 4 nitrogen and oxygen atoms in total. The van der Waals surface area contributed by atoms with E-state index in [0.717, 1.165) is 0 Å². The Kier molecular flexibility index (Phi) is 3.06. The highest BCUT2D eigenvalue weighted by Crippen LogP contribution is 2.48. The molecule has 1 aliphatic heterocycles. The van der Waals surface area contributed by atoms with Gasteiger partial charge in [0.25, 0.3) is 0 Å². The van der Waals surface area contributed by atoms with Gasteiger partial charge in [0.05, 0.1) is 0 Å². The Morgan fingerprint density at radius 3 is 2.05 bits per heavy atom. The summed E-state index contributed by atoms with van der Waals surface area (Å²) < 4.78 is 0. The average Bonchev–Trinajstić information content (AvgIpc) is 3.22. The molecule has 2 unspecified atom stereocenters. The Hall–Kier alpha value is -1.06. The summed E-state index contributed by atoms with van der Waals surface area (Å²) in [6, 6.07) is -0.299. The van der Waals surface area contributed by atoms with Crippen LogP contribution in [0.15, 0.2) is 0 Å². The average molecular weight is 264 g/mol. The van der Waals surface area contributed by atoms with Gasteiger partial charge in [0.2, 0.25) is 11.8 Å². The zero-order chi connectivity index (χ0) is 13.7. The first kappa shape index (κ1) is 12.9. The molecule has 1 saturated heterocycles. The Bertz CT molecular complexity index is 387. The highest BCUT2D eigenvalue weighted by atomic mass is 16.2. The van der Waals surface area contributed by atoms with Gasteiger partial charge in [-0.15, -0.1) is 0 Å². The van der Waals surface area contributed by atoms with Crippen LogP contribution in [0, 0.1) is 17.8 Å². The number of nitrogens with zero attached hydrogens (tertiary/aromatic N) is 1. The molecule has 3 aliphatic rings. The van der Waals surface area contributed by atoms with E-state index in [2.05, 4.69) is 5.32 Å². The van der Waals surface area contributed by atoms with E-state index in [1.807, 2.05) is 25.7 Å². The van der Waals surface area contributed by atoms with Crippen LogP contribution in [-0.2, 0) is 9.59 Å². The van der Waals surface area contributed by atoms with Crippen LogP contribution in [-0.4, -0.2) is 34.8 Å². The Labute approximate surface area is 114 Å². The van der Waals surface area contributed by atoms with Crippen LogP contribution in [0.25, 0.3) is 0 Å². The zero-order valence-corrected chi connectivity index (χ0v) is 12.1. The predicted molar refractivity (Wildman–Crippen MR) is 72.3 cm³/mol. The van der Waals surface area contributed by atoms with Crippen LogP contribution in [0.3, 0.4) is 0 Å². The molecule has 1 N–H and O–H groups in total. The second-order valence-electron chi connectivity index (χ2n) is 6.82. The number of hydrogen-bond acceptors (Lipinski definition) is 2. The lowest BCUT2D eigenvalue weighted by Crippen LogP contribution is -2.66.